The molecule has 0 aliphatic heterocycles. The highest BCUT2D eigenvalue weighted by molar-refractivity contribution is 7.99. The molecule has 0 saturated heterocycles. The van der Waals surface area contributed by atoms with Gasteiger partial charge in [0.1, 0.15) is 0 Å². The lowest BCUT2D eigenvalue weighted by Crippen LogP contribution is -2.43. The second kappa shape index (κ2) is 6.27. The summed E-state index contributed by atoms with van der Waals surface area (Å²) in [6, 6.07) is 0.656. The summed E-state index contributed by atoms with van der Waals surface area (Å²) < 4.78 is 0. The lowest BCUT2D eigenvalue weighted by Gasteiger charge is -2.40. The van der Waals surface area contributed by atoms with E-state index in [1.54, 1.807) is 0 Å². The molecule has 0 spiro atoms. The number of rotatable bonds is 5. The lowest BCUT2D eigenvalue weighted by molar-refractivity contribution is 0.218. The second-order valence-electron chi connectivity index (χ2n) is 5.96. The Morgan fingerprint density at radius 1 is 1.50 bits per heavy atom. The Hall–Kier alpha value is 0.270. The van der Waals surface area contributed by atoms with Crippen molar-refractivity contribution < 1.29 is 5.11 Å². The predicted octanol–water partition coefficient (Wildman–Crippen LogP) is 2.51. The van der Waals surface area contributed by atoms with E-state index in [2.05, 4.69) is 33.1 Å². The minimum atomic E-state index is 0.313. The monoisotopic (exact) mass is 245 g/mol. The van der Waals surface area contributed by atoms with Gasteiger partial charge >= 0.3 is 0 Å². The van der Waals surface area contributed by atoms with Gasteiger partial charge in [-0.05, 0) is 43.4 Å². The van der Waals surface area contributed by atoms with Crippen LogP contribution in [0.3, 0.4) is 0 Å². The maximum atomic E-state index is 9.06. The van der Waals surface area contributed by atoms with Gasteiger partial charge in [0, 0.05) is 17.9 Å². The van der Waals surface area contributed by atoms with E-state index in [0.29, 0.717) is 29.2 Å². The molecular formula is C13H27NOS. The molecule has 0 amide bonds. The fourth-order valence-electron chi connectivity index (χ4n) is 2.37. The summed E-state index contributed by atoms with van der Waals surface area (Å²) in [4.78, 5) is 0. The van der Waals surface area contributed by atoms with Crippen LogP contribution in [-0.2, 0) is 0 Å². The van der Waals surface area contributed by atoms with Gasteiger partial charge in [0.25, 0.3) is 0 Å². The third-order valence-electron chi connectivity index (χ3n) is 3.61. The van der Waals surface area contributed by atoms with Gasteiger partial charge < -0.3 is 10.4 Å². The van der Waals surface area contributed by atoms with Crippen molar-refractivity contribution in [2.75, 3.05) is 19.4 Å². The van der Waals surface area contributed by atoms with Crippen LogP contribution in [0.15, 0.2) is 0 Å². The van der Waals surface area contributed by atoms with Crippen LogP contribution < -0.4 is 5.32 Å². The summed E-state index contributed by atoms with van der Waals surface area (Å²) in [6.45, 7) is 7.19. The van der Waals surface area contributed by atoms with Crippen molar-refractivity contribution in [3.63, 3.8) is 0 Å². The Balaban J connectivity index is 2.45. The molecule has 3 atom stereocenters. The normalized spacial score (nSPS) is 31.3. The van der Waals surface area contributed by atoms with Gasteiger partial charge in [0.2, 0.25) is 0 Å². The molecule has 1 rings (SSSR count). The van der Waals surface area contributed by atoms with Crippen LogP contribution in [-0.4, -0.2) is 35.8 Å². The first-order chi connectivity index (χ1) is 7.48. The molecule has 96 valence electrons. The average molecular weight is 245 g/mol. The van der Waals surface area contributed by atoms with E-state index < -0.39 is 0 Å². The van der Waals surface area contributed by atoms with Crippen molar-refractivity contribution in [3.8, 4) is 0 Å². The SMILES string of the molecule is CNC1CCC(C)(C)CC1SCC(C)CO. The highest BCUT2D eigenvalue weighted by Gasteiger charge is 2.34. The molecule has 0 aromatic carbocycles. The molecule has 0 heterocycles. The van der Waals surface area contributed by atoms with Crippen molar-refractivity contribution in [3.05, 3.63) is 0 Å². The lowest BCUT2D eigenvalue weighted by atomic mass is 9.75. The summed E-state index contributed by atoms with van der Waals surface area (Å²) in [5.74, 6) is 1.50. The van der Waals surface area contributed by atoms with E-state index in [-0.39, 0.29) is 0 Å². The van der Waals surface area contributed by atoms with Crippen LogP contribution in [0.4, 0.5) is 0 Å². The molecule has 2 N–H and O–H groups in total. The van der Waals surface area contributed by atoms with Crippen LogP contribution >= 0.6 is 11.8 Å². The topological polar surface area (TPSA) is 32.3 Å². The van der Waals surface area contributed by atoms with E-state index >= 15 is 0 Å². The van der Waals surface area contributed by atoms with E-state index in [0.717, 1.165) is 5.75 Å². The largest absolute Gasteiger partial charge is 0.396 e. The van der Waals surface area contributed by atoms with Gasteiger partial charge in [-0.15, -0.1) is 0 Å². The fraction of sp³-hybridized carbons (Fsp3) is 1.00. The van der Waals surface area contributed by atoms with Gasteiger partial charge in [-0.3, -0.25) is 0 Å². The maximum absolute atomic E-state index is 9.06. The highest BCUT2D eigenvalue weighted by Crippen LogP contribution is 2.40. The van der Waals surface area contributed by atoms with Crippen molar-refractivity contribution in [2.45, 2.75) is 51.3 Å². The number of hydrogen-bond donors (Lipinski definition) is 2. The molecular weight excluding hydrogens is 218 g/mol. The van der Waals surface area contributed by atoms with E-state index in [4.69, 9.17) is 5.11 Å². The van der Waals surface area contributed by atoms with Crippen molar-refractivity contribution >= 4 is 11.8 Å². The third-order valence-corrected chi connectivity index (χ3v) is 5.30. The van der Waals surface area contributed by atoms with Crippen LogP contribution in [0.1, 0.15) is 40.0 Å². The molecule has 1 saturated carbocycles. The van der Waals surface area contributed by atoms with Crippen LogP contribution in [0.25, 0.3) is 0 Å². The summed E-state index contributed by atoms with van der Waals surface area (Å²) >= 11 is 2.04. The minimum absolute atomic E-state index is 0.313. The molecule has 3 unspecified atom stereocenters. The quantitative estimate of drug-likeness (QED) is 0.780. The smallest absolute Gasteiger partial charge is 0.0464 e. The molecule has 0 aromatic heterocycles. The molecule has 16 heavy (non-hydrogen) atoms. The Bertz CT molecular complexity index is 208. The maximum Gasteiger partial charge on any atom is 0.0464 e. The Morgan fingerprint density at radius 2 is 2.19 bits per heavy atom. The highest BCUT2D eigenvalue weighted by atomic mass is 32.2. The van der Waals surface area contributed by atoms with Crippen molar-refractivity contribution in [2.24, 2.45) is 11.3 Å². The van der Waals surface area contributed by atoms with Gasteiger partial charge in [0.15, 0.2) is 0 Å². The molecule has 3 heteroatoms. The van der Waals surface area contributed by atoms with E-state index in [1.165, 1.54) is 19.3 Å². The molecule has 0 radical (unpaired) electrons. The van der Waals surface area contributed by atoms with E-state index in [9.17, 15) is 0 Å². The van der Waals surface area contributed by atoms with Gasteiger partial charge in [-0.2, -0.15) is 11.8 Å². The molecule has 0 bridgehead atoms. The van der Waals surface area contributed by atoms with Gasteiger partial charge in [-0.25, -0.2) is 0 Å². The second-order valence-corrected chi connectivity index (χ2v) is 7.23. The number of hydrogen-bond acceptors (Lipinski definition) is 3. The summed E-state index contributed by atoms with van der Waals surface area (Å²) in [5, 5.41) is 13.2. The average Bonchev–Trinajstić information content (AvgIpc) is 2.25. The van der Waals surface area contributed by atoms with Crippen LogP contribution in [0.5, 0.6) is 0 Å². The Labute approximate surface area is 105 Å². The van der Waals surface area contributed by atoms with Crippen molar-refractivity contribution in [1.82, 2.24) is 5.32 Å². The first-order valence-corrected chi connectivity index (χ1v) is 7.43. The minimum Gasteiger partial charge on any atom is -0.396 e. The zero-order chi connectivity index (χ0) is 12.2. The Kier molecular flexibility index (Phi) is 5.62. The summed E-state index contributed by atoms with van der Waals surface area (Å²) in [7, 11) is 2.08. The number of thioether (sulfide) groups is 1. The van der Waals surface area contributed by atoms with Crippen LogP contribution in [0, 0.1) is 11.3 Å². The predicted molar refractivity (Wildman–Crippen MR) is 73.0 cm³/mol. The van der Waals surface area contributed by atoms with Crippen LogP contribution in [0.2, 0.25) is 0 Å². The molecule has 0 aromatic rings. The fourth-order valence-corrected chi connectivity index (χ4v) is 4.12. The molecule has 1 fully saturated rings. The zero-order valence-electron chi connectivity index (χ0n) is 11.1. The number of aliphatic hydroxyl groups is 1. The number of aliphatic hydroxyl groups excluding tert-OH is 1. The third kappa shape index (κ3) is 4.27. The van der Waals surface area contributed by atoms with Gasteiger partial charge in [-0.1, -0.05) is 20.8 Å². The van der Waals surface area contributed by atoms with E-state index in [1.807, 2.05) is 11.8 Å². The van der Waals surface area contributed by atoms with Crippen molar-refractivity contribution in [1.29, 1.82) is 0 Å². The Morgan fingerprint density at radius 3 is 2.75 bits per heavy atom. The summed E-state index contributed by atoms with van der Waals surface area (Å²) in [6.07, 6.45) is 3.90. The first-order valence-electron chi connectivity index (χ1n) is 6.38. The molecule has 1 aliphatic rings. The zero-order valence-corrected chi connectivity index (χ0v) is 11.9. The standard InChI is InChI=1S/C13H27NOS/c1-10(8-15)9-16-12-7-13(2,3)6-5-11(12)14-4/h10-12,14-15H,5-9H2,1-4H3. The number of nitrogens with one attached hydrogen (secondary N) is 1. The first kappa shape index (κ1) is 14.3. The molecule has 2 nitrogen and oxygen atoms in total. The summed E-state index contributed by atoms with van der Waals surface area (Å²) in [5.41, 5.74) is 0.494. The molecule has 1 aliphatic carbocycles. The van der Waals surface area contributed by atoms with Gasteiger partial charge in [0.05, 0.1) is 0 Å².